The summed E-state index contributed by atoms with van der Waals surface area (Å²) in [6.45, 7) is 10.2. The van der Waals surface area contributed by atoms with E-state index in [2.05, 4.69) is 24.4 Å². The Hall–Kier alpha value is -0.380. The van der Waals surface area contributed by atoms with Crippen LogP contribution in [-0.4, -0.2) is 32.7 Å². The summed E-state index contributed by atoms with van der Waals surface area (Å²) in [6, 6.07) is 4.42. The number of thiophene rings is 1. The summed E-state index contributed by atoms with van der Waals surface area (Å²) in [5.74, 6) is 0. The zero-order valence-electron chi connectivity index (χ0n) is 8.88. The molecule has 3 heteroatoms. The van der Waals surface area contributed by atoms with Gasteiger partial charge < -0.3 is 9.80 Å². The molecule has 0 aliphatic carbocycles. The molecule has 0 spiro atoms. The van der Waals surface area contributed by atoms with Crippen LogP contribution in [-0.2, 0) is 6.54 Å². The van der Waals surface area contributed by atoms with Crippen LogP contribution >= 0.6 is 11.3 Å². The lowest BCUT2D eigenvalue weighted by Crippen LogP contribution is -3.27. The Bertz CT molecular complexity index is 250. The standard InChI is InChI=1S/C11H18N2S/c1-2-12-5-7-13(8-6-12)10-11-4-3-9-14-11/h3-4,9H,2,5-8,10H2,1H3/p+2. The fourth-order valence-corrected chi connectivity index (χ4v) is 2.92. The van der Waals surface area contributed by atoms with Gasteiger partial charge in [-0.1, -0.05) is 6.07 Å². The van der Waals surface area contributed by atoms with Crippen molar-refractivity contribution in [3.05, 3.63) is 22.4 Å². The molecule has 2 nitrogen and oxygen atoms in total. The summed E-state index contributed by atoms with van der Waals surface area (Å²) in [6.07, 6.45) is 0. The van der Waals surface area contributed by atoms with E-state index >= 15 is 0 Å². The molecule has 2 N–H and O–H groups in total. The highest BCUT2D eigenvalue weighted by atomic mass is 32.1. The van der Waals surface area contributed by atoms with Gasteiger partial charge >= 0.3 is 0 Å². The van der Waals surface area contributed by atoms with E-state index in [1.54, 1.807) is 14.7 Å². The maximum Gasteiger partial charge on any atom is 0.127 e. The van der Waals surface area contributed by atoms with Crippen LogP contribution in [0.15, 0.2) is 17.5 Å². The molecule has 0 bridgehead atoms. The average molecular weight is 212 g/mol. The minimum atomic E-state index is 1.24. The molecule has 0 atom stereocenters. The molecule has 0 radical (unpaired) electrons. The maximum absolute atomic E-state index is 2.29. The minimum absolute atomic E-state index is 1.24. The fraction of sp³-hybridized carbons (Fsp3) is 0.636. The summed E-state index contributed by atoms with van der Waals surface area (Å²) in [4.78, 5) is 5.09. The van der Waals surface area contributed by atoms with E-state index in [0.717, 1.165) is 0 Å². The first-order valence-corrected chi connectivity index (χ1v) is 6.46. The SMILES string of the molecule is CC[NH+]1CC[NH+](Cc2cccs2)CC1. The van der Waals surface area contributed by atoms with E-state index in [1.807, 2.05) is 11.3 Å². The number of hydrogen-bond donors (Lipinski definition) is 2. The highest BCUT2D eigenvalue weighted by molar-refractivity contribution is 7.09. The van der Waals surface area contributed by atoms with Crippen molar-refractivity contribution in [2.45, 2.75) is 13.5 Å². The average Bonchev–Trinajstić information content (AvgIpc) is 2.72. The van der Waals surface area contributed by atoms with Crippen molar-refractivity contribution >= 4 is 11.3 Å². The van der Waals surface area contributed by atoms with Crippen LogP contribution in [0.3, 0.4) is 0 Å². The van der Waals surface area contributed by atoms with Gasteiger partial charge in [-0.2, -0.15) is 0 Å². The molecule has 1 aromatic rings. The van der Waals surface area contributed by atoms with Gasteiger partial charge in [0.2, 0.25) is 0 Å². The molecule has 1 saturated heterocycles. The predicted octanol–water partition coefficient (Wildman–Crippen LogP) is -0.949. The van der Waals surface area contributed by atoms with Crippen molar-refractivity contribution in [2.24, 2.45) is 0 Å². The second-order valence-electron chi connectivity index (χ2n) is 4.11. The first-order chi connectivity index (χ1) is 6.88. The summed E-state index contributed by atoms with van der Waals surface area (Å²) >= 11 is 1.90. The number of likely N-dealkylation sites (N-methyl/N-ethyl adjacent to an activating group) is 1. The van der Waals surface area contributed by atoms with E-state index < -0.39 is 0 Å². The molecule has 1 fully saturated rings. The first-order valence-electron chi connectivity index (χ1n) is 5.58. The number of nitrogens with one attached hydrogen (secondary N) is 2. The third-order valence-electron chi connectivity index (χ3n) is 3.17. The molecule has 0 unspecified atom stereocenters. The third-order valence-corrected chi connectivity index (χ3v) is 4.04. The van der Waals surface area contributed by atoms with Crippen LogP contribution in [0.1, 0.15) is 11.8 Å². The van der Waals surface area contributed by atoms with E-state index in [9.17, 15) is 0 Å². The minimum Gasteiger partial charge on any atom is -0.326 e. The molecule has 0 amide bonds. The zero-order chi connectivity index (χ0) is 9.80. The zero-order valence-corrected chi connectivity index (χ0v) is 9.70. The Labute approximate surface area is 90.1 Å². The molecular formula is C11H20N2S+2. The number of rotatable bonds is 3. The van der Waals surface area contributed by atoms with Crippen LogP contribution in [0.5, 0.6) is 0 Å². The van der Waals surface area contributed by atoms with Crippen LogP contribution in [0.4, 0.5) is 0 Å². The van der Waals surface area contributed by atoms with Gasteiger partial charge in [0.05, 0.1) is 11.4 Å². The molecule has 78 valence electrons. The highest BCUT2D eigenvalue weighted by Gasteiger charge is 2.21. The van der Waals surface area contributed by atoms with Crippen molar-refractivity contribution in [1.82, 2.24) is 0 Å². The Morgan fingerprint density at radius 1 is 1.21 bits per heavy atom. The summed E-state index contributed by atoms with van der Waals surface area (Å²) in [7, 11) is 0. The number of hydrogen-bond acceptors (Lipinski definition) is 1. The second kappa shape index (κ2) is 4.91. The number of quaternary nitrogens is 2. The first kappa shape index (κ1) is 10.1. The second-order valence-corrected chi connectivity index (χ2v) is 5.14. The molecule has 1 aliphatic heterocycles. The Kier molecular flexibility index (Phi) is 3.56. The van der Waals surface area contributed by atoms with E-state index in [-0.39, 0.29) is 0 Å². The van der Waals surface area contributed by atoms with Crippen molar-refractivity contribution in [3.8, 4) is 0 Å². The van der Waals surface area contributed by atoms with Gasteiger partial charge in [0.15, 0.2) is 0 Å². The fourth-order valence-electron chi connectivity index (χ4n) is 2.15. The molecule has 1 aliphatic rings. The van der Waals surface area contributed by atoms with Crippen LogP contribution in [0, 0.1) is 0 Å². The van der Waals surface area contributed by atoms with Crippen molar-refractivity contribution in [2.75, 3.05) is 32.7 Å². The third kappa shape index (κ3) is 2.56. The van der Waals surface area contributed by atoms with Gasteiger partial charge in [-0.3, -0.25) is 0 Å². The lowest BCUT2D eigenvalue weighted by molar-refractivity contribution is -1.02. The van der Waals surface area contributed by atoms with E-state index in [1.165, 1.54) is 39.3 Å². The lowest BCUT2D eigenvalue weighted by Gasteiger charge is -2.28. The maximum atomic E-state index is 2.29. The topological polar surface area (TPSA) is 8.88 Å². The molecule has 14 heavy (non-hydrogen) atoms. The summed E-state index contributed by atoms with van der Waals surface area (Å²) < 4.78 is 0. The number of piperazine rings is 1. The van der Waals surface area contributed by atoms with Gasteiger partial charge in [0, 0.05) is 0 Å². The summed E-state index contributed by atoms with van der Waals surface area (Å²) in [5.41, 5.74) is 0. The molecule has 0 saturated carbocycles. The smallest absolute Gasteiger partial charge is 0.127 e. The van der Waals surface area contributed by atoms with Gasteiger partial charge in [-0.05, 0) is 18.4 Å². The van der Waals surface area contributed by atoms with Crippen LogP contribution in [0.25, 0.3) is 0 Å². The molecule has 2 heterocycles. The monoisotopic (exact) mass is 212 g/mol. The van der Waals surface area contributed by atoms with Crippen LogP contribution in [0.2, 0.25) is 0 Å². The Morgan fingerprint density at radius 2 is 1.93 bits per heavy atom. The predicted molar refractivity (Wildman–Crippen MR) is 60.0 cm³/mol. The molecule has 0 aromatic carbocycles. The van der Waals surface area contributed by atoms with E-state index in [4.69, 9.17) is 0 Å². The summed E-state index contributed by atoms with van der Waals surface area (Å²) in [5, 5.41) is 2.18. The Morgan fingerprint density at radius 3 is 2.50 bits per heavy atom. The van der Waals surface area contributed by atoms with E-state index in [0.29, 0.717) is 0 Å². The van der Waals surface area contributed by atoms with Crippen molar-refractivity contribution in [1.29, 1.82) is 0 Å². The van der Waals surface area contributed by atoms with Gasteiger partial charge in [-0.25, -0.2) is 0 Å². The van der Waals surface area contributed by atoms with Crippen molar-refractivity contribution < 1.29 is 9.80 Å². The van der Waals surface area contributed by atoms with Crippen molar-refractivity contribution in [3.63, 3.8) is 0 Å². The van der Waals surface area contributed by atoms with Gasteiger partial charge in [0.1, 0.15) is 32.7 Å². The van der Waals surface area contributed by atoms with Gasteiger partial charge in [0.25, 0.3) is 0 Å². The molecular weight excluding hydrogens is 192 g/mol. The van der Waals surface area contributed by atoms with Gasteiger partial charge in [-0.15, -0.1) is 11.3 Å². The van der Waals surface area contributed by atoms with Crippen LogP contribution < -0.4 is 9.80 Å². The molecule has 2 rings (SSSR count). The normalized spacial score (nSPS) is 27.8. The largest absolute Gasteiger partial charge is 0.326 e. The highest BCUT2D eigenvalue weighted by Crippen LogP contribution is 2.05. The lowest BCUT2D eigenvalue weighted by atomic mass is 10.3. The Balaban J connectivity index is 1.79. The molecule has 1 aromatic heterocycles. The quantitative estimate of drug-likeness (QED) is 0.639.